The van der Waals surface area contributed by atoms with Crippen LogP contribution in [0.4, 0.5) is 16.2 Å². The van der Waals surface area contributed by atoms with Crippen molar-refractivity contribution in [2.24, 2.45) is 5.41 Å². The van der Waals surface area contributed by atoms with Crippen LogP contribution in [0.1, 0.15) is 27.7 Å². The molecule has 0 aliphatic heterocycles. The number of hydrogen-bond donors (Lipinski definition) is 1. The SMILES string of the molecule is CCN(C(=O)Oc1cccc(NC(=O)C(C)(C)C)c1)c1ccccc1. The van der Waals surface area contributed by atoms with E-state index in [-0.39, 0.29) is 5.91 Å². The van der Waals surface area contributed by atoms with Crippen LogP contribution in [0.15, 0.2) is 54.6 Å². The van der Waals surface area contributed by atoms with Crippen molar-refractivity contribution in [3.8, 4) is 5.75 Å². The molecule has 1 N–H and O–H groups in total. The van der Waals surface area contributed by atoms with E-state index >= 15 is 0 Å². The van der Waals surface area contributed by atoms with E-state index in [4.69, 9.17) is 4.74 Å². The molecule has 0 atom stereocenters. The summed E-state index contributed by atoms with van der Waals surface area (Å²) in [6, 6.07) is 16.2. The molecule has 132 valence electrons. The molecule has 0 spiro atoms. The third-order valence-electron chi connectivity index (χ3n) is 3.58. The zero-order valence-electron chi connectivity index (χ0n) is 15.1. The van der Waals surface area contributed by atoms with Gasteiger partial charge in [0, 0.05) is 29.4 Å². The molecule has 5 heteroatoms. The van der Waals surface area contributed by atoms with Crippen molar-refractivity contribution in [2.45, 2.75) is 27.7 Å². The van der Waals surface area contributed by atoms with E-state index in [1.54, 1.807) is 29.2 Å². The predicted octanol–water partition coefficient (Wildman–Crippen LogP) is 4.70. The molecule has 0 heterocycles. The highest BCUT2D eigenvalue weighted by atomic mass is 16.6. The van der Waals surface area contributed by atoms with Gasteiger partial charge in [-0.05, 0) is 31.2 Å². The van der Waals surface area contributed by atoms with Crippen LogP contribution in [0.5, 0.6) is 5.75 Å². The molecule has 0 aliphatic carbocycles. The molecular weight excluding hydrogens is 316 g/mol. The number of ether oxygens (including phenoxy) is 1. The molecule has 25 heavy (non-hydrogen) atoms. The van der Waals surface area contributed by atoms with Crippen LogP contribution in [-0.4, -0.2) is 18.5 Å². The molecule has 5 nitrogen and oxygen atoms in total. The Hall–Kier alpha value is -2.82. The highest BCUT2D eigenvalue weighted by Gasteiger charge is 2.21. The van der Waals surface area contributed by atoms with Gasteiger partial charge in [0.1, 0.15) is 5.75 Å². The lowest BCUT2D eigenvalue weighted by molar-refractivity contribution is -0.123. The molecule has 0 unspecified atom stereocenters. The van der Waals surface area contributed by atoms with Gasteiger partial charge in [0.15, 0.2) is 0 Å². The lowest BCUT2D eigenvalue weighted by Gasteiger charge is -2.21. The number of anilines is 2. The number of hydrogen-bond acceptors (Lipinski definition) is 3. The number of nitrogens with one attached hydrogen (secondary N) is 1. The smallest absolute Gasteiger partial charge is 0.410 e. The van der Waals surface area contributed by atoms with Gasteiger partial charge in [-0.3, -0.25) is 9.69 Å². The summed E-state index contributed by atoms with van der Waals surface area (Å²) in [4.78, 5) is 26.1. The van der Waals surface area contributed by atoms with Gasteiger partial charge in [0.2, 0.25) is 5.91 Å². The van der Waals surface area contributed by atoms with Crippen molar-refractivity contribution in [1.82, 2.24) is 0 Å². The molecule has 0 aromatic heterocycles. The van der Waals surface area contributed by atoms with Gasteiger partial charge in [-0.15, -0.1) is 0 Å². The van der Waals surface area contributed by atoms with Crippen molar-refractivity contribution in [3.63, 3.8) is 0 Å². The summed E-state index contributed by atoms with van der Waals surface area (Å²) in [6.07, 6.45) is -0.465. The molecule has 0 saturated carbocycles. The molecule has 0 fully saturated rings. The zero-order chi connectivity index (χ0) is 18.4. The van der Waals surface area contributed by atoms with E-state index in [1.807, 2.05) is 58.0 Å². The van der Waals surface area contributed by atoms with Gasteiger partial charge in [0.05, 0.1) is 0 Å². The maximum atomic E-state index is 12.5. The normalized spacial score (nSPS) is 10.9. The summed E-state index contributed by atoms with van der Waals surface area (Å²) in [6.45, 7) is 7.89. The molecule has 2 rings (SSSR count). The van der Waals surface area contributed by atoms with Crippen LogP contribution in [-0.2, 0) is 4.79 Å². The second-order valence-electron chi connectivity index (χ2n) is 6.68. The van der Waals surface area contributed by atoms with Crippen molar-refractivity contribution < 1.29 is 14.3 Å². The lowest BCUT2D eigenvalue weighted by Crippen LogP contribution is -2.33. The van der Waals surface area contributed by atoms with Gasteiger partial charge in [-0.25, -0.2) is 4.79 Å². The van der Waals surface area contributed by atoms with Crippen molar-refractivity contribution in [3.05, 3.63) is 54.6 Å². The number of nitrogens with zero attached hydrogens (tertiary/aromatic N) is 1. The Kier molecular flexibility index (Phi) is 5.80. The Morgan fingerprint density at radius 3 is 2.32 bits per heavy atom. The average Bonchev–Trinajstić information content (AvgIpc) is 2.56. The number of amides is 2. The van der Waals surface area contributed by atoms with E-state index in [2.05, 4.69) is 5.32 Å². The largest absolute Gasteiger partial charge is 0.419 e. The van der Waals surface area contributed by atoms with Crippen molar-refractivity contribution in [2.75, 3.05) is 16.8 Å². The van der Waals surface area contributed by atoms with E-state index in [0.717, 1.165) is 5.69 Å². The number of para-hydroxylation sites is 1. The minimum absolute atomic E-state index is 0.101. The monoisotopic (exact) mass is 340 g/mol. The highest BCUT2D eigenvalue weighted by Crippen LogP contribution is 2.22. The highest BCUT2D eigenvalue weighted by molar-refractivity contribution is 5.95. The molecule has 0 bridgehead atoms. The van der Waals surface area contributed by atoms with Crippen LogP contribution in [0.2, 0.25) is 0 Å². The van der Waals surface area contributed by atoms with Crippen molar-refractivity contribution in [1.29, 1.82) is 0 Å². The lowest BCUT2D eigenvalue weighted by atomic mass is 9.95. The van der Waals surface area contributed by atoms with Gasteiger partial charge < -0.3 is 10.1 Å². The van der Waals surface area contributed by atoms with Gasteiger partial charge in [-0.2, -0.15) is 0 Å². The van der Waals surface area contributed by atoms with Crippen molar-refractivity contribution >= 4 is 23.4 Å². The number of carbonyl (C=O) groups is 2. The van der Waals surface area contributed by atoms with Crippen LogP contribution < -0.4 is 15.0 Å². The first kappa shape index (κ1) is 18.5. The summed E-state index contributed by atoms with van der Waals surface area (Å²) in [7, 11) is 0. The molecule has 0 saturated heterocycles. The average molecular weight is 340 g/mol. The maximum Gasteiger partial charge on any atom is 0.419 e. The Morgan fingerprint density at radius 1 is 1.04 bits per heavy atom. The second-order valence-corrected chi connectivity index (χ2v) is 6.68. The third kappa shape index (κ3) is 5.08. The number of carbonyl (C=O) groups excluding carboxylic acids is 2. The van der Waals surface area contributed by atoms with E-state index < -0.39 is 11.5 Å². The zero-order valence-corrected chi connectivity index (χ0v) is 15.1. The summed E-state index contributed by atoms with van der Waals surface area (Å²) in [5.74, 6) is 0.279. The molecule has 2 aromatic rings. The predicted molar refractivity (Wildman–Crippen MR) is 100 cm³/mol. The summed E-state index contributed by atoms with van der Waals surface area (Å²) in [5.41, 5.74) is 0.860. The molecular formula is C20H24N2O3. The van der Waals surface area contributed by atoms with Gasteiger partial charge in [0.25, 0.3) is 0 Å². The van der Waals surface area contributed by atoms with Crippen LogP contribution >= 0.6 is 0 Å². The first-order valence-electron chi connectivity index (χ1n) is 8.27. The maximum absolute atomic E-state index is 12.5. The Labute approximate surface area is 148 Å². The molecule has 0 aliphatic rings. The fraction of sp³-hybridized carbons (Fsp3) is 0.300. The minimum Gasteiger partial charge on any atom is -0.410 e. The standard InChI is InChI=1S/C20H24N2O3/c1-5-22(16-11-7-6-8-12-16)19(24)25-17-13-9-10-15(14-17)21-18(23)20(2,3)4/h6-14H,5H2,1-4H3,(H,21,23). The van der Waals surface area contributed by atoms with Gasteiger partial charge in [-0.1, -0.05) is 45.0 Å². The Bertz CT molecular complexity index is 736. The first-order chi connectivity index (χ1) is 11.8. The van der Waals surface area contributed by atoms with Crippen LogP contribution in [0.3, 0.4) is 0 Å². The number of rotatable bonds is 4. The summed E-state index contributed by atoms with van der Waals surface area (Å²) >= 11 is 0. The fourth-order valence-corrected chi connectivity index (χ4v) is 2.14. The Balaban J connectivity index is 2.11. The first-order valence-corrected chi connectivity index (χ1v) is 8.27. The topological polar surface area (TPSA) is 58.6 Å². The summed E-state index contributed by atoms with van der Waals surface area (Å²) in [5, 5.41) is 2.83. The molecule has 2 aromatic carbocycles. The van der Waals surface area contributed by atoms with E-state index in [1.165, 1.54) is 0 Å². The van der Waals surface area contributed by atoms with E-state index in [9.17, 15) is 9.59 Å². The van der Waals surface area contributed by atoms with Crippen LogP contribution in [0.25, 0.3) is 0 Å². The Morgan fingerprint density at radius 2 is 1.72 bits per heavy atom. The van der Waals surface area contributed by atoms with Gasteiger partial charge >= 0.3 is 6.09 Å². The quantitative estimate of drug-likeness (QED) is 0.878. The number of benzene rings is 2. The summed E-state index contributed by atoms with van der Waals surface area (Å²) < 4.78 is 5.47. The van der Waals surface area contributed by atoms with E-state index in [0.29, 0.717) is 18.0 Å². The molecule has 0 radical (unpaired) electrons. The minimum atomic E-state index is -0.501. The second kappa shape index (κ2) is 7.83. The fourth-order valence-electron chi connectivity index (χ4n) is 2.14. The third-order valence-corrected chi connectivity index (χ3v) is 3.58. The molecule has 2 amide bonds. The van der Waals surface area contributed by atoms with Crippen LogP contribution in [0, 0.1) is 5.41 Å².